The van der Waals surface area contributed by atoms with Crippen molar-refractivity contribution < 1.29 is 9.53 Å². The highest BCUT2D eigenvalue weighted by molar-refractivity contribution is 14.1. The third-order valence-corrected chi connectivity index (χ3v) is 3.86. The van der Waals surface area contributed by atoms with Crippen LogP contribution in [-0.2, 0) is 0 Å². The number of ether oxygens (including phenoxy) is 1. The number of rotatable bonds is 3. The van der Waals surface area contributed by atoms with Crippen LogP contribution in [-0.4, -0.2) is 13.0 Å². The second-order valence-corrected chi connectivity index (χ2v) is 5.63. The molecule has 0 saturated carbocycles. The van der Waals surface area contributed by atoms with E-state index < -0.39 is 0 Å². The van der Waals surface area contributed by atoms with Crippen LogP contribution < -0.4 is 15.8 Å². The van der Waals surface area contributed by atoms with Crippen LogP contribution in [0.5, 0.6) is 5.75 Å². The Hall–Kier alpha value is -1.47. The smallest absolute Gasteiger partial charge is 0.256 e. The van der Waals surface area contributed by atoms with Gasteiger partial charge in [0.2, 0.25) is 0 Å². The lowest BCUT2D eigenvalue weighted by Gasteiger charge is -2.11. The molecule has 4 nitrogen and oxygen atoms in total. The molecule has 0 heterocycles. The zero-order valence-electron chi connectivity index (χ0n) is 10.6. The van der Waals surface area contributed by atoms with E-state index in [0.29, 0.717) is 27.7 Å². The van der Waals surface area contributed by atoms with Crippen LogP contribution in [0.1, 0.15) is 10.4 Å². The summed E-state index contributed by atoms with van der Waals surface area (Å²) in [4.78, 5) is 12.3. The van der Waals surface area contributed by atoms with Gasteiger partial charge >= 0.3 is 0 Å². The summed E-state index contributed by atoms with van der Waals surface area (Å²) in [5.74, 6) is 0.354. The van der Waals surface area contributed by atoms with E-state index in [4.69, 9.17) is 22.1 Å². The predicted octanol–water partition coefficient (Wildman–Crippen LogP) is 3.79. The van der Waals surface area contributed by atoms with Gasteiger partial charge in [0.15, 0.2) is 0 Å². The van der Waals surface area contributed by atoms with E-state index in [-0.39, 0.29) is 5.91 Å². The fourth-order valence-electron chi connectivity index (χ4n) is 1.63. The number of nitrogens with one attached hydrogen (secondary N) is 1. The SMILES string of the molecule is COc1ccc(N)c(NC(=O)c2cc(Cl)ccc2I)c1. The molecule has 1 amide bonds. The van der Waals surface area contributed by atoms with Crippen LogP contribution in [0.15, 0.2) is 36.4 Å². The minimum atomic E-state index is -0.267. The Kier molecular flexibility index (Phi) is 4.72. The van der Waals surface area contributed by atoms with Crippen molar-refractivity contribution in [1.29, 1.82) is 0 Å². The fraction of sp³-hybridized carbons (Fsp3) is 0.0714. The summed E-state index contributed by atoms with van der Waals surface area (Å²) in [5, 5.41) is 3.27. The maximum Gasteiger partial charge on any atom is 0.256 e. The molecule has 0 fully saturated rings. The van der Waals surface area contributed by atoms with Crippen LogP contribution in [0.2, 0.25) is 5.02 Å². The van der Waals surface area contributed by atoms with E-state index in [9.17, 15) is 4.79 Å². The predicted molar refractivity (Wildman–Crippen MR) is 89.5 cm³/mol. The van der Waals surface area contributed by atoms with E-state index >= 15 is 0 Å². The second-order valence-electron chi connectivity index (χ2n) is 4.03. The topological polar surface area (TPSA) is 64.3 Å². The Morgan fingerprint density at radius 3 is 2.75 bits per heavy atom. The molecule has 104 valence electrons. The standard InChI is InChI=1S/C14H12ClIN2O2/c1-20-9-3-5-12(17)13(7-9)18-14(19)10-6-8(15)2-4-11(10)16/h2-7H,17H2,1H3,(H,18,19). The minimum absolute atomic E-state index is 0.267. The number of nitrogen functional groups attached to an aromatic ring is 1. The molecule has 0 saturated heterocycles. The second kappa shape index (κ2) is 6.32. The van der Waals surface area contributed by atoms with Crippen LogP contribution in [0, 0.1) is 3.57 Å². The van der Waals surface area contributed by atoms with Gasteiger partial charge in [0, 0.05) is 14.7 Å². The molecular weight excluding hydrogens is 391 g/mol. The van der Waals surface area contributed by atoms with Crippen molar-refractivity contribution in [2.45, 2.75) is 0 Å². The lowest BCUT2D eigenvalue weighted by molar-refractivity contribution is 0.102. The molecule has 2 rings (SSSR count). The lowest BCUT2D eigenvalue weighted by atomic mass is 10.2. The molecule has 0 bridgehead atoms. The molecule has 2 aromatic rings. The molecular formula is C14H12ClIN2O2. The first-order chi connectivity index (χ1) is 9.51. The van der Waals surface area contributed by atoms with E-state index in [0.717, 1.165) is 3.57 Å². The van der Waals surface area contributed by atoms with Crippen molar-refractivity contribution in [2.75, 3.05) is 18.2 Å². The Labute approximate surface area is 135 Å². The Morgan fingerprint density at radius 1 is 1.30 bits per heavy atom. The van der Waals surface area contributed by atoms with Crippen LogP contribution in [0.4, 0.5) is 11.4 Å². The van der Waals surface area contributed by atoms with E-state index in [1.54, 1.807) is 43.5 Å². The normalized spacial score (nSPS) is 10.2. The van der Waals surface area contributed by atoms with Gasteiger partial charge in [0.05, 0.1) is 24.0 Å². The van der Waals surface area contributed by atoms with E-state index in [1.807, 2.05) is 0 Å². The minimum Gasteiger partial charge on any atom is -0.497 e. The van der Waals surface area contributed by atoms with E-state index in [2.05, 4.69) is 27.9 Å². The number of amides is 1. The number of anilines is 2. The fourth-order valence-corrected chi connectivity index (χ4v) is 2.38. The lowest BCUT2D eigenvalue weighted by Crippen LogP contribution is -2.14. The zero-order valence-corrected chi connectivity index (χ0v) is 13.5. The summed E-state index contributed by atoms with van der Waals surface area (Å²) in [6.45, 7) is 0. The number of hydrogen-bond acceptors (Lipinski definition) is 3. The van der Waals surface area contributed by atoms with Gasteiger partial charge in [-0.15, -0.1) is 0 Å². The van der Waals surface area contributed by atoms with Crippen LogP contribution >= 0.6 is 34.2 Å². The summed E-state index contributed by atoms with van der Waals surface area (Å²) in [6.07, 6.45) is 0. The van der Waals surface area contributed by atoms with Crippen molar-refractivity contribution in [3.63, 3.8) is 0 Å². The molecule has 2 aromatic carbocycles. The van der Waals surface area contributed by atoms with E-state index in [1.165, 1.54) is 0 Å². The third kappa shape index (κ3) is 3.34. The molecule has 0 aliphatic heterocycles. The number of nitrogens with two attached hydrogens (primary N) is 1. The quantitative estimate of drug-likeness (QED) is 0.606. The number of carbonyl (C=O) groups excluding carboxylic acids is 1. The highest BCUT2D eigenvalue weighted by Gasteiger charge is 2.12. The largest absolute Gasteiger partial charge is 0.497 e. The van der Waals surface area contributed by atoms with Crippen molar-refractivity contribution in [3.8, 4) is 5.75 Å². The molecule has 0 aromatic heterocycles. The molecule has 0 atom stereocenters. The van der Waals surface area contributed by atoms with Gasteiger partial charge in [0.25, 0.3) is 5.91 Å². The molecule has 0 aliphatic carbocycles. The zero-order chi connectivity index (χ0) is 14.7. The molecule has 0 radical (unpaired) electrons. The Bertz CT molecular complexity index is 662. The van der Waals surface area contributed by atoms with Crippen molar-refractivity contribution >= 4 is 51.5 Å². The number of halogens is 2. The number of benzene rings is 2. The first kappa shape index (κ1) is 14.9. The molecule has 6 heteroatoms. The van der Waals surface area contributed by atoms with Gasteiger partial charge < -0.3 is 15.8 Å². The Morgan fingerprint density at radius 2 is 2.05 bits per heavy atom. The Balaban J connectivity index is 2.30. The van der Waals surface area contributed by atoms with Gasteiger partial charge in [-0.3, -0.25) is 4.79 Å². The molecule has 0 spiro atoms. The molecule has 3 N–H and O–H groups in total. The average Bonchev–Trinajstić information content (AvgIpc) is 2.43. The van der Waals surface area contributed by atoms with Gasteiger partial charge in [-0.1, -0.05) is 11.6 Å². The summed E-state index contributed by atoms with van der Waals surface area (Å²) in [6, 6.07) is 10.2. The molecule has 0 aliphatic rings. The summed E-state index contributed by atoms with van der Waals surface area (Å²) < 4.78 is 5.92. The maximum atomic E-state index is 12.3. The summed E-state index contributed by atoms with van der Waals surface area (Å²) >= 11 is 8.00. The third-order valence-electron chi connectivity index (χ3n) is 2.68. The molecule has 0 unspecified atom stereocenters. The average molecular weight is 403 g/mol. The summed E-state index contributed by atoms with van der Waals surface area (Å²) in [5.41, 5.74) is 7.31. The van der Waals surface area contributed by atoms with Crippen molar-refractivity contribution in [3.05, 3.63) is 50.6 Å². The number of methoxy groups -OCH3 is 1. The van der Waals surface area contributed by atoms with Crippen LogP contribution in [0.3, 0.4) is 0 Å². The highest BCUT2D eigenvalue weighted by Crippen LogP contribution is 2.26. The van der Waals surface area contributed by atoms with Gasteiger partial charge in [-0.05, 0) is 52.9 Å². The van der Waals surface area contributed by atoms with Gasteiger partial charge in [0.1, 0.15) is 5.75 Å². The van der Waals surface area contributed by atoms with Crippen molar-refractivity contribution in [2.24, 2.45) is 0 Å². The number of hydrogen-bond donors (Lipinski definition) is 2. The monoisotopic (exact) mass is 402 g/mol. The first-order valence-electron chi connectivity index (χ1n) is 5.71. The summed E-state index contributed by atoms with van der Waals surface area (Å²) in [7, 11) is 1.55. The molecule has 20 heavy (non-hydrogen) atoms. The highest BCUT2D eigenvalue weighted by atomic mass is 127. The van der Waals surface area contributed by atoms with Gasteiger partial charge in [-0.2, -0.15) is 0 Å². The van der Waals surface area contributed by atoms with Crippen molar-refractivity contribution in [1.82, 2.24) is 0 Å². The maximum absolute atomic E-state index is 12.3. The number of carbonyl (C=O) groups is 1. The van der Waals surface area contributed by atoms with Crippen LogP contribution in [0.25, 0.3) is 0 Å². The van der Waals surface area contributed by atoms with Gasteiger partial charge in [-0.25, -0.2) is 0 Å². The first-order valence-corrected chi connectivity index (χ1v) is 7.17.